The minimum absolute atomic E-state index is 0.111. The number of nitrogens with one attached hydrogen (secondary N) is 2. The van der Waals surface area contributed by atoms with Gasteiger partial charge in [0.15, 0.2) is 0 Å². The number of rotatable bonds is 7. The Morgan fingerprint density at radius 1 is 1.13 bits per heavy atom. The summed E-state index contributed by atoms with van der Waals surface area (Å²) in [4.78, 5) is 27.0. The lowest BCUT2D eigenvalue weighted by Gasteiger charge is -2.32. The summed E-state index contributed by atoms with van der Waals surface area (Å²) in [5.41, 5.74) is 1.28. The van der Waals surface area contributed by atoms with Crippen LogP contribution in [0, 0.1) is 5.92 Å². The first-order valence-corrected chi connectivity index (χ1v) is 11.1. The summed E-state index contributed by atoms with van der Waals surface area (Å²) < 4.78 is 0. The van der Waals surface area contributed by atoms with Crippen LogP contribution in [0.25, 0.3) is 0 Å². The van der Waals surface area contributed by atoms with Crippen LogP contribution in [0.5, 0.6) is 5.75 Å². The zero-order chi connectivity index (χ0) is 22.4. The average Bonchev–Trinajstić information content (AvgIpc) is 2.75. The Morgan fingerprint density at radius 3 is 2.52 bits per heavy atom. The van der Waals surface area contributed by atoms with Crippen molar-refractivity contribution < 1.29 is 14.7 Å². The maximum atomic E-state index is 12.4. The molecule has 31 heavy (non-hydrogen) atoms. The molecule has 0 unspecified atom stereocenters. The lowest BCUT2D eigenvalue weighted by atomic mass is 9.96. The predicted molar refractivity (Wildman–Crippen MR) is 123 cm³/mol. The van der Waals surface area contributed by atoms with E-state index in [1.54, 1.807) is 19.1 Å². The van der Waals surface area contributed by atoms with Crippen molar-refractivity contribution in [2.75, 3.05) is 19.6 Å². The molecular weight excluding hydrogens is 437 g/mol. The smallest absolute Gasteiger partial charge is 0.255 e. The maximum absolute atomic E-state index is 12.4. The SMILES string of the molecule is C[C@H](NC(=O)c1ccccc1O)C(=O)NCC1CCN(Cc2ccc(Cl)c(Cl)c2)CC1. The zero-order valence-electron chi connectivity index (χ0n) is 17.4. The van der Waals surface area contributed by atoms with Crippen molar-refractivity contribution in [1.29, 1.82) is 0 Å². The summed E-state index contributed by atoms with van der Waals surface area (Å²) in [6, 6.07) is 11.3. The van der Waals surface area contributed by atoms with Gasteiger partial charge in [0.25, 0.3) is 5.91 Å². The summed E-state index contributed by atoms with van der Waals surface area (Å²) in [5.74, 6) is -0.423. The first-order valence-electron chi connectivity index (χ1n) is 10.4. The molecule has 1 heterocycles. The van der Waals surface area contributed by atoms with Crippen molar-refractivity contribution in [3.05, 3.63) is 63.6 Å². The van der Waals surface area contributed by atoms with Crippen molar-refractivity contribution in [2.45, 2.75) is 32.4 Å². The van der Waals surface area contributed by atoms with Crippen molar-refractivity contribution in [3.63, 3.8) is 0 Å². The summed E-state index contributed by atoms with van der Waals surface area (Å²) in [6.45, 7) is 4.93. The molecule has 1 aliphatic heterocycles. The van der Waals surface area contributed by atoms with Crippen LogP contribution in [0.2, 0.25) is 10.0 Å². The molecule has 1 saturated heterocycles. The van der Waals surface area contributed by atoms with E-state index in [-0.39, 0.29) is 17.2 Å². The molecule has 2 amide bonds. The quantitative estimate of drug-likeness (QED) is 0.582. The van der Waals surface area contributed by atoms with E-state index in [4.69, 9.17) is 23.2 Å². The first-order chi connectivity index (χ1) is 14.8. The Hall–Kier alpha value is -2.28. The van der Waals surface area contributed by atoms with E-state index in [0.717, 1.165) is 38.0 Å². The number of benzene rings is 2. The third-order valence-corrected chi connectivity index (χ3v) is 6.29. The topological polar surface area (TPSA) is 81.7 Å². The first kappa shape index (κ1) is 23.4. The van der Waals surface area contributed by atoms with Crippen molar-refractivity contribution in [1.82, 2.24) is 15.5 Å². The Labute approximate surface area is 192 Å². The molecule has 6 nitrogen and oxygen atoms in total. The van der Waals surface area contributed by atoms with Gasteiger partial charge in [-0.25, -0.2) is 0 Å². The molecule has 8 heteroatoms. The van der Waals surface area contributed by atoms with Gasteiger partial charge in [0.2, 0.25) is 5.91 Å². The number of phenols is 1. The number of para-hydroxylation sites is 1. The van der Waals surface area contributed by atoms with Gasteiger partial charge >= 0.3 is 0 Å². The number of carbonyl (C=O) groups is 2. The van der Waals surface area contributed by atoms with E-state index in [9.17, 15) is 14.7 Å². The highest BCUT2D eigenvalue weighted by atomic mass is 35.5. The molecule has 2 aromatic rings. The number of hydrogen-bond donors (Lipinski definition) is 3. The molecule has 0 saturated carbocycles. The number of amides is 2. The lowest BCUT2D eigenvalue weighted by Crippen LogP contribution is -2.47. The van der Waals surface area contributed by atoms with E-state index in [2.05, 4.69) is 15.5 Å². The number of nitrogens with zero attached hydrogens (tertiary/aromatic N) is 1. The Bertz CT molecular complexity index is 930. The highest BCUT2D eigenvalue weighted by Crippen LogP contribution is 2.24. The van der Waals surface area contributed by atoms with Crippen LogP contribution in [-0.2, 0) is 11.3 Å². The standard InChI is InChI=1S/C23H27Cl2N3O3/c1-15(27-23(31)18-4-2-3-5-21(18)29)22(30)26-13-16-8-10-28(11-9-16)14-17-6-7-19(24)20(25)12-17/h2-7,12,15-16,29H,8-11,13-14H2,1H3,(H,26,30)(H,27,31)/t15-/m0/s1. The highest BCUT2D eigenvalue weighted by molar-refractivity contribution is 6.42. The molecule has 0 spiro atoms. The Kier molecular flexibility index (Phi) is 8.18. The normalized spacial score (nSPS) is 16.0. The minimum atomic E-state index is -0.693. The maximum Gasteiger partial charge on any atom is 0.255 e. The molecule has 0 aromatic heterocycles. The van der Waals surface area contributed by atoms with Crippen LogP contribution in [0.15, 0.2) is 42.5 Å². The van der Waals surface area contributed by atoms with Gasteiger partial charge in [-0.1, -0.05) is 41.4 Å². The van der Waals surface area contributed by atoms with Gasteiger partial charge in [0.1, 0.15) is 11.8 Å². The molecule has 1 aliphatic rings. The molecule has 0 bridgehead atoms. The largest absolute Gasteiger partial charge is 0.507 e. The third kappa shape index (κ3) is 6.60. The second-order valence-corrected chi connectivity index (χ2v) is 8.74. The van der Waals surface area contributed by atoms with E-state index in [0.29, 0.717) is 22.5 Å². The van der Waals surface area contributed by atoms with E-state index < -0.39 is 11.9 Å². The van der Waals surface area contributed by atoms with Crippen molar-refractivity contribution in [2.24, 2.45) is 5.92 Å². The number of phenolic OH excluding ortho intramolecular Hbond substituents is 1. The van der Waals surface area contributed by atoms with Crippen LogP contribution in [0.1, 0.15) is 35.7 Å². The number of hydrogen-bond acceptors (Lipinski definition) is 4. The van der Waals surface area contributed by atoms with Crippen molar-refractivity contribution in [3.8, 4) is 5.75 Å². The van der Waals surface area contributed by atoms with Crippen LogP contribution in [0.4, 0.5) is 0 Å². The fraction of sp³-hybridized carbons (Fsp3) is 0.391. The third-order valence-electron chi connectivity index (χ3n) is 5.55. The van der Waals surface area contributed by atoms with Gasteiger partial charge in [0, 0.05) is 13.1 Å². The molecule has 166 valence electrons. The minimum Gasteiger partial charge on any atom is -0.507 e. The van der Waals surface area contributed by atoms with Gasteiger partial charge in [-0.15, -0.1) is 0 Å². The van der Waals surface area contributed by atoms with Crippen LogP contribution in [0.3, 0.4) is 0 Å². The van der Waals surface area contributed by atoms with Gasteiger partial charge in [-0.3, -0.25) is 14.5 Å². The second-order valence-electron chi connectivity index (χ2n) is 7.93. The second kappa shape index (κ2) is 10.8. The predicted octanol–water partition coefficient (Wildman–Crippen LogP) is 3.85. The lowest BCUT2D eigenvalue weighted by molar-refractivity contribution is -0.122. The van der Waals surface area contributed by atoms with Gasteiger partial charge in [-0.05, 0) is 68.6 Å². The van der Waals surface area contributed by atoms with E-state index in [1.807, 2.05) is 18.2 Å². The summed E-state index contributed by atoms with van der Waals surface area (Å²) in [6.07, 6.45) is 1.97. The number of piperidine rings is 1. The van der Waals surface area contributed by atoms with Crippen LogP contribution >= 0.6 is 23.2 Å². The van der Waals surface area contributed by atoms with Crippen molar-refractivity contribution >= 4 is 35.0 Å². The van der Waals surface area contributed by atoms with Gasteiger partial charge in [-0.2, -0.15) is 0 Å². The number of likely N-dealkylation sites (tertiary alicyclic amines) is 1. The molecule has 3 rings (SSSR count). The fourth-order valence-corrected chi connectivity index (χ4v) is 3.97. The summed E-state index contributed by atoms with van der Waals surface area (Å²) in [7, 11) is 0. The average molecular weight is 464 g/mol. The Morgan fingerprint density at radius 2 is 1.84 bits per heavy atom. The summed E-state index contributed by atoms with van der Waals surface area (Å²) >= 11 is 12.1. The molecule has 3 N–H and O–H groups in total. The number of carbonyl (C=O) groups excluding carboxylic acids is 2. The van der Waals surface area contributed by atoms with E-state index in [1.165, 1.54) is 12.1 Å². The molecule has 1 fully saturated rings. The molecular formula is C23H27Cl2N3O3. The van der Waals surface area contributed by atoms with Gasteiger partial charge < -0.3 is 15.7 Å². The number of aromatic hydroxyl groups is 1. The molecule has 0 radical (unpaired) electrons. The number of halogens is 2. The summed E-state index contributed by atoms with van der Waals surface area (Å²) in [5, 5.41) is 16.5. The van der Waals surface area contributed by atoms with Gasteiger partial charge in [0.05, 0.1) is 15.6 Å². The Balaban J connectivity index is 1.39. The molecule has 2 aromatic carbocycles. The highest BCUT2D eigenvalue weighted by Gasteiger charge is 2.22. The molecule has 0 aliphatic carbocycles. The zero-order valence-corrected chi connectivity index (χ0v) is 18.9. The monoisotopic (exact) mass is 463 g/mol. The van der Waals surface area contributed by atoms with E-state index >= 15 is 0 Å². The molecule has 1 atom stereocenters. The van der Waals surface area contributed by atoms with Crippen LogP contribution in [-0.4, -0.2) is 47.5 Å². The van der Waals surface area contributed by atoms with Crippen LogP contribution < -0.4 is 10.6 Å². The fourth-order valence-electron chi connectivity index (χ4n) is 3.65.